The molecule has 1 aliphatic heterocycles. The molecular formula is C19H18F3NO2. The van der Waals surface area contributed by atoms with Crippen molar-refractivity contribution in [1.29, 1.82) is 0 Å². The fraction of sp³-hybridized carbons (Fsp3) is 0.316. The van der Waals surface area contributed by atoms with Gasteiger partial charge in [-0.05, 0) is 18.1 Å². The van der Waals surface area contributed by atoms with Crippen molar-refractivity contribution in [2.75, 3.05) is 6.54 Å². The van der Waals surface area contributed by atoms with Gasteiger partial charge in [0.05, 0.1) is 23.6 Å². The van der Waals surface area contributed by atoms with Crippen molar-refractivity contribution in [3.63, 3.8) is 0 Å². The molecule has 1 fully saturated rings. The summed E-state index contributed by atoms with van der Waals surface area (Å²) in [6, 6.07) is 4.45. The fourth-order valence-corrected chi connectivity index (χ4v) is 3.31. The smallest absolute Gasteiger partial charge is 0.391 e. The van der Waals surface area contributed by atoms with E-state index >= 15 is 0 Å². The third-order valence-electron chi connectivity index (χ3n) is 4.44. The summed E-state index contributed by atoms with van der Waals surface area (Å²) in [5.41, 5.74) is -0.736. The summed E-state index contributed by atoms with van der Waals surface area (Å²) in [4.78, 5) is 14.2. The largest absolute Gasteiger partial charge is 0.416 e. The molecule has 0 aromatic heterocycles. The second-order valence-electron chi connectivity index (χ2n) is 6.16. The van der Waals surface area contributed by atoms with Crippen molar-refractivity contribution in [2.24, 2.45) is 5.92 Å². The Labute approximate surface area is 143 Å². The number of β-amino-alcohol motifs (C(OH)–C–C–N with tert-alkyl or cyclic N) is 1. The number of rotatable bonds is 2. The van der Waals surface area contributed by atoms with Gasteiger partial charge in [-0.2, -0.15) is 13.2 Å². The first kappa shape index (κ1) is 17.5. The Bertz CT molecular complexity index is 720. The van der Waals surface area contributed by atoms with E-state index in [0.717, 1.165) is 6.07 Å². The molecule has 2 aliphatic rings. The van der Waals surface area contributed by atoms with E-state index in [4.69, 9.17) is 0 Å². The monoisotopic (exact) mass is 349 g/mol. The molecule has 132 valence electrons. The maximum absolute atomic E-state index is 13.3. The first-order valence-corrected chi connectivity index (χ1v) is 8.04. The van der Waals surface area contributed by atoms with Crippen LogP contribution in [0.2, 0.25) is 0 Å². The third kappa shape index (κ3) is 3.69. The number of carbonyl (C=O) groups is 1. The number of allylic oxidation sites excluding steroid dienone is 4. The van der Waals surface area contributed by atoms with Gasteiger partial charge in [0.2, 0.25) is 5.91 Å². The quantitative estimate of drug-likeness (QED) is 0.886. The lowest BCUT2D eigenvalue weighted by molar-refractivity contribution is -0.140. The Kier molecular flexibility index (Phi) is 4.81. The molecule has 1 aliphatic carbocycles. The minimum atomic E-state index is -4.51. The number of likely N-dealkylation sites (tertiary alicyclic amines) is 1. The Balaban J connectivity index is 1.94. The van der Waals surface area contributed by atoms with Crippen LogP contribution < -0.4 is 0 Å². The van der Waals surface area contributed by atoms with Crippen molar-refractivity contribution in [2.45, 2.75) is 24.7 Å². The number of alkyl halides is 3. The standard InChI is InChI=1S/C19H18F3NO2/c20-19(21,22)16-10-6-5-9-15(16)17-11-14(24)12-23(17)18(25)13-7-3-1-2-4-8-13/h1-10,13-14,17,24H,11-12H2/t14-,17+/m0/s1. The van der Waals surface area contributed by atoms with Crippen LogP contribution in [0.1, 0.15) is 23.6 Å². The number of nitrogens with zero attached hydrogens (tertiary/aromatic N) is 1. The average molecular weight is 349 g/mol. The molecule has 0 spiro atoms. The van der Waals surface area contributed by atoms with E-state index in [1.54, 1.807) is 36.5 Å². The van der Waals surface area contributed by atoms with E-state index in [1.807, 2.05) is 0 Å². The van der Waals surface area contributed by atoms with Crippen molar-refractivity contribution in [3.05, 3.63) is 71.8 Å². The number of aliphatic hydroxyl groups excluding tert-OH is 1. The third-order valence-corrected chi connectivity index (χ3v) is 4.44. The number of aliphatic hydroxyl groups is 1. The van der Waals surface area contributed by atoms with Crippen molar-refractivity contribution in [3.8, 4) is 0 Å². The highest BCUT2D eigenvalue weighted by Crippen LogP contribution is 2.41. The summed E-state index contributed by atoms with van der Waals surface area (Å²) < 4.78 is 40.0. The molecule has 0 radical (unpaired) electrons. The van der Waals surface area contributed by atoms with Gasteiger partial charge in [0, 0.05) is 6.54 Å². The molecular weight excluding hydrogens is 331 g/mol. The summed E-state index contributed by atoms with van der Waals surface area (Å²) >= 11 is 0. The van der Waals surface area contributed by atoms with Gasteiger partial charge in [0.1, 0.15) is 0 Å². The topological polar surface area (TPSA) is 40.5 Å². The summed E-state index contributed by atoms with van der Waals surface area (Å²) in [5, 5.41) is 10.0. The lowest BCUT2D eigenvalue weighted by Gasteiger charge is -2.28. The minimum Gasteiger partial charge on any atom is -0.391 e. The highest BCUT2D eigenvalue weighted by Gasteiger charge is 2.42. The first-order valence-electron chi connectivity index (χ1n) is 8.04. The molecule has 1 heterocycles. The average Bonchev–Trinajstić information content (AvgIpc) is 2.78. The van der Waals surface area contributed by atoms with E-state index in [9.17, 15) is 23.1 Å². The Morgan fingerprint density at radius 1 is 1.08 bits per heavy atom. The number of carbonyl (C=O) groups excluding carboxylic acids is 1. The predicted octanol–water partition coefficient (Wildman–Crippen LogP) is 3.64. The summed E-state index contributed by atoms with van der Waals surface area (Å²) in [6.07, 6.45) is 5.15. The van der Waals surface area contributed by atoms with Crippen LogP contribution in [0, 0.1) is 5.92 Å². The molecule has 3 rings (SSSR count). The maximum Gasteiger partial charge on any atom is 0.416 e. The molecule has 6 heteroatoms. The highest BCUT2D eigenvalue weighted by atomic mass is 19.4. The van der Waals surface area contributed by atoms with E-state index < -0.39 is 29.8 Å². The number of hydrogen-bond acceptors (Lipinski definition) is 2. The van der Waals surface area contributed by atoms with Crippen LogP contribution in [0.3, 0.4) is 0 Å². The second-order valence-corrected chi connectivity index (χ2v) is 6.16. The van der Waals surface area contributed by atoms with Crippen LogP contribution in [0.15, 0.2) is 60.7 Å². The van der Waals surface area contributed by atoms with Gasteiger partial charge < -0.3 is 10.0 Å². The summed E-state index contributed by atoms with van der Waals surface area (Å²) in [6.45, 7) is 0.0291. The summed E-state index contributed by atoms with van der Waals surface area (Å²) in [5.74, 6) is -0.865. The zero-order valence-corrected chi connectivity index (χ0v) is 13.4. The molecule has 0 bridgehead atoms. The maximum atomic E-state index is 13.3. The van der Waals surface area contributed by atoms with Gasteiger partial charge in [0.15, 0.2) is 0 Å². The predicted molar refractivity (Wildman–Crippen MR) is 87.4 cm³/mol. The van der Waals surface area contributed by atoms with E-state index in [1.165, 1.54) is 23.1 Å². The molecule has 0 saturated carbocycles. The number of benzene rings is 1. The van der Waals surface area contributed by atoms with Gasteiger partial charge in [-0.25, -0.2) is 0 Å². The Hall–Kier alpha value is -2.34. The molecule has 0 unspecified atom stereocenters. The van der Waals surface area contributed by atoms with Crippen LogP contribution in [-0.4, -0.2) is 28.6 Å². The second kappa shape index (κ2) is 6.88. The molecule has 2 atom stereocenters. The van der Waals surface area contributed by atoms with Gasteiger partial charge in [-0.1, -0.05) is 54.7 Å². The Morgan fingerprint density at radius 3 is 2.36 bits per heavy atom. The molecule has 1 saturated heterocycles. The van der Waals surface area contributed by atoms with Crippen LogP contribution in [0.25, 0.3) is 0 Å². The lowest BCUT2D eigenvalue weighted by Crippen LogP contribution is -2.36. The molecule has 1 aromatic rings. The van der Waals surface area contributed by atoms with E-state index in [-0.39, 0.29) is 24.4 Å². The zero-order chi connectivity index (χ0) is 18.0. The number of amides is 1. The molecule has 1 amide bonds. The zero-order valence-electron chi connectivity index (χ0n) is 13.4. The number of hydrogen-bond donors (Lipinski definition) is 1. The normalized spacial score (nSPS) is 23.9. The van der Waals surface area contributed by atoms with Crippen molar-refractivity contribution >= 4 is 5.91 Å². The fourth-order valence-electron chi connectivity index (χ4n) is 3.31. The number of halogens is 3. The Morgan fingerprint density at radius 2 is 1.72 bits per heavy atom. The van der Waals surface area contributed by atoms with Gasteiger partial charge >= 0.3 is 6.18 Å². The van der Waals surface area contributed by atoms with Gasteiger partial charge in [-0.3, -0.25) is 4.79 Å². The molecule has 1 N–H and O–H groups in total. The van der Waals surface area contributed by atoms with Gasteiger partial charge in [0.25, 0.3) is 0 Å². The molecule has 25 heavy (non-hydrogen) atoms. The van der Waals surface area contributed by atoms with Crippen LogP contribution in [-0.2, 0) is 11.0 Å². The van der Waals surface area contributed by atoms with Crippen molar-refractivity contribution in [1.82, 2.24) is 4.90 Å². The summed E-state index contributed by atoms with van der Waals surface area (Å²) in [7, 11) is 0. The molecule has 3 nitrogen and oxygen atoms in total. The SMILES string of the molecule is O=C(C1C=CC=CC=C1)N1C[C@@H](O)C[C@@H]1c1ccccc1C(F)(F)F. The minimum absolute atomic E-state index is 0.0274. The van der Waals surface area contributed by atoms with Gasteiger partial charge in [-0.15, -0.1) is 0 Å². The molecule has 1 aromatic carbocycles. The highest BCUT2D eigenvalue weighted by molar-refractivity contribution is 5.83. The van der Waals surface area contributed by atoms with E-state index in [0.29, 0.717) is 0 Å². The van der Waals surface area contributed by atoms with Crippen LogP contribution in [0.5, 0.6) is 0 Å². The van der Waals surface area contributed by atoms with Crippen molar-refractivity contribution < 1.29 is 23.1 Å². The van der Waals surface area contributed by atoms with E-state index in [2.05, 4.69) is 0 Å². The van der Waals surface area contributed by atoms with Crippen LogP contribution >= 0.6 is 0 Å². The van der Waals surface area contributed by atoms with Crippen LogP contribution in [0.4, 0.5) is 13.2 Å². The first-order chi connectivity index (χ1) is 11.9. The lowest BCUT2D eigenvalue weighted by atomic mass is 9.96.